The fourth-order valence-corrected chi connectivity index (χ4v) is 2.82. The van der Waals surface area contributed by atoms with Gasteiger partial charge in [0.15, 0.2) is 5.76 Å². The summed E-state index contributed by atoms with van der Waals surface area (Å²) in [4.78, 5) is 12.2. The first-order valence-electron chi connectivity index (χ1n) is 6.86. The zero-order valence-electron chi connectivity index (χ0n) is 11.4. The Hall–Kier alpha value is -2.07. The maximum Gasteiger partial charge on any atom is 0.287 e. The second-order valence-corrected chi connectivity index (χ2v) is 5.24. The number of amides is 1. The maximum atomic E-state index is 12.2. The number of benzene rings is 1. The van der Waals surface area contributed by atoms with Gasteiger partial charge in [0.05, 0.1) is 6.54 Å². The molecule has 104 valence electrons. The number of carbonyl (C=O) groups is 1. The van der Waals surface area contributed by atoms with Gasteiger partial charge in [-0.2, -0.15) is 0 Å². The van der Waals surface area contributed by atoms with Crippen molar-refractivity contribution in [3.8, 4) is 0 Å². The summed E-state index contributed by atoms with van der Waals surface area (Å²) in [7, 11) is 0. The predicted octanol–water partition coefficient (Wildman–Crippen LogP) is 2.20. The third-order valence-electron chi connectivity index (χ3n) is 3.99. The van der Waals surface area contributed by atoms with E-state index < -0.39 is 0 Å². The number of rotatable bonds is 3. The van der Waals surface area contributed by atoms with Crippen molar-refractivity contribution in [1.29, 1.82) is 0 Å². The molecule has 1 aliphatic carbocycles. The highest BCUT2D eigenvalue weighted by Crippen LogP contribution is 2.32. The lowest BCUT2D eigenvalue weighted by Crippen LogP contribution is -2.36. The molecule has 1 aliphatic rings. The fourth-order valence-electron chi connectivity index (χ4n) is 2.82. The highest BCUT2D eigenvalue weighted by molar-refractivity contribution is 5.91. The summed E-state index contributed by atoms with van der Waals surface area (Å²) in [5.41, 5.74) is 8.11. The van der Waals surface area contributed by atoms with Crippen LogP contribution in [0.2, 0.25) is 0 Å². The molecule has 3 N–H and O–H groups in total. The van der Waals surface area contributed by atoms with Crippen LogP contribution in [0, 0.1) is 0 Å². The third kappa shape index (κ3) is 2.23. The first-order valence-corrected chi connectivity index (χ1v) is 6.86. The fraction of sp³-hybridized carbons (Fsp3) is 0.312. The van der Waals surface area contributed by atoms with Crippen LogP contribution in [0.25, 0.3) is 0 Å². The van der Waals surface area contributed by atoms with Gasteiger partial charge in [-0.15, -0.1) is 0 Å². The lowest BCUT2D eigenvalue weighted by atomic mass is 10.0. The summed E-state index contributed by atoms with van der Waals surface area (Å²) in [6, 6.07) is 11.9. The van der Waals surface area contributed by atoms with Gasteiger partial charge < -0.3 is 15.5 Å². The first kappa shape index (κ1) is 12.9. The molecule has 2 atom stereocenters. The first-order chi connectivity index (χ1) is 9.69. The van der Waals surface area contributed by atoms with E-state index in [0.29, 0.717) is 24.0 Å². The Morgan fingerprint density at radius 1 is 1.35 bits per heavy atom. The van der Waals surface area contributed by atoms with Crippen LogP contribution in [-0.2, 0) is 13.0 Å². The molecule has 0 saturated carbocycles. The van der Waals surface area contributed by atoms with Gasteiger partial charge >= 0.3 is 0 Å². The molecule has 0 saturated heterocycles. The minimum Gasteiger partial charge on any atom is -0.455 e. The van der Waals surface area contributed by atoms with E-state index >= 15 is 0 Å². The van der Waals surface area contributed by atoms with Crippen molar-refractivity contribution in [2.45, 2.75) is 31.8 Å². The van der Waals surface area contributed by atoms with E-state index in [1.165, 1.54) is 11.1 Å². The van der Waals surface area contributed by atoms with E-state index in [1.807, 2.05) is 12.1 Å². The number of hydrogen-bond acceptors (Lipinski definition) is 3. The van der Waals surface area contributed by atoms with Gasteiger partial charge in [0, 0.05) is 12.0 Å². The van der Waals surface area contributed by atoms with E-state index in [2.05, 4.69) is 24.4 Å². The number of nitrogens with two attached hydrogens (primary N) is 1. The molecular weight excluding hydrogens is 252 g/mol. The number of furan rings is 1. The average molecular weight is 270 g/mol. The van der Waals surface area contributed by atoms with Crippen LogP contribution >= 0.6 is 0 Å². The Kier molecular flexibility index (Phi) is 3.32. The van der Waals surface area contributed by atoms with Crippen LogP contribution in [0.1, 0.15) is 40.3 Å². The van der Waals surface area contributed by atoms with Crippen LogP contribution in [-0.4, -0.2) is 11.9 Å². The monoisotopic (exact) mass is 270 g/mol. The zero-order valence-corrected chi connectivity index (χ0v) is 11.4. The highest BCUT2D eigenvalue weighted by atomic mass is 16.4. The summed E-state index contributed by atoms with van der Waals surface area (Å²) in [5, 5.41) is 3.06. The van der Waals surface area contributed by atoms with E-state index in [0.717, 1.165) is 6.42 Å². The van der Waals surface area contributed by atoms with Crippen molar-refractivity contribution >= 4 is 5.91 Å². The van der Waals surface area contributed by atoms with Crippen molar-refractivity contribution < 1.29 is 9.21 Å². The number of nitrogens with one attached hydrogen (secondary N) is 1. The molecule has 3 rings (SSSR count). The van der Waals surface area contributed by atoms with E-state index in [9.17, 15) is 4.79 Å². The van der Waals surface area contributed by atoms with Crippen LogP contribution in [0.5, 0.6) is 0 Å². The van der Waals surface area contributed by atoms with Gasteiger partial charge in [-0.05, 0) is 29.7 Å². The van der Waals surface area contributed by atoms with E-state index in [4.69, 9.17) is 10.2 Å². The van der Waals surface area contributed by atoms with Gasteiger partial charge in [-0.25, -0.2) is 0 Å². The topological polar surface area (TPSA) is 68.3 Å². The van der Waals surface area contributed by atoms with E-state index in [1.54, 1.807) is 12.1 Å². The molecule has 0 aliphatic heterocycles. The molecule has 2 aromatic rings. The predicted molar refractivity (Wildman–Crippen MR) is 76.4 cm³/mol. The van der Waals surface area contributed by atoms with E-state index in [-0.39, 0.29) is 11.9 Å². The molecule has 0 bridgehead atoms. The largest absolute Gasteiger partial charge is 0.455 e. The Labute approximate surface area is 118 Å². The second-order valence-electron chi connectivity index (χ2n) is 5.24. The molecule has 0 spiro atoms. The minimum atomic E-state index is -0.172. The standard InChI is InChI=1S/C16H18N2O2/c1-10-13-5-3-2-4-11(13)8-14(10)18-16(19)15-7-6-12(9-17)20-15/h2-7,10,14H,8-9,17H2,1H3,(H,18,19)/t10-,14+/m0/s1. The SMILES string of the molecule is C[C@H]1c2ccccc2C[C@H]1NC(=O)c1ccc(CN)o1. The molecule has 0 unspecified atom stereocenters. The smallest absolute Gasteiger partial charge is 0.287 e. The van der Waals surface area contributed by atoms with Crippen LogP contribution in [0.3, 0.4) is 0 Å². The molecule has 1 heterocycles. The van der Waals surface area contributed by atoms with Gasteiger partial charge in [0.2, 0.25) is 0 Å². The molecule has 20 heavy (non-hydrogen) atoms. The summed E-state index contributed by atoms with van der Waals surface area (Å²) in [6.07, 6.45) is 0.869. The molecular formula is C16H18N2O2. The third-order valence-corrected chi connectivity index (χ3v) is 3.99. The van der Waals surface area contributed by atoms with Crippen molar-refractivity contribution in [2.75, 3.05) is 0 Å². The molecule has 1 aromatic carbocycles. The lowest BCUT2D eigenvalue weighted by Gasteiger charge is -2.17. The maximum absolute atomic E-state index is 12.2. The number of carbonyl (C=O) groups excluding carboxylic acids is 1. The van der Waals surface area contributed by atoms with Gasteiger partial charge in [-0.3, -0.25) is 4.79 Å². The molecule has 1 amide bonds. The van der Waals surface area contributed by atoms with Crippen molar-refractivity contribution in [2.24, 2.45) is 5.73 Å². The van der Waals surface area contributed by atoms with Crippen LogP contribution in [0.15, 0.2) is 40.8 Å². The molecule has 0 radical (unpaired) electrons. The van der Waals surface area contributed by atoms with Gasteiger partial charge in [0.1, 0.15) is 5.76 Å². The molecule has 4 nitrogen and oxygen atoms in total. The Morgan fingerprint density at radius 2 is 2.15 bits per heavy atom. The normalized spacial score (nSPS) is 20.7. The van der Waals surface area contributed by atoms with Crippen molar-refractivity contribution in [3.63, 3.8) is 0 Å². The average Bonchev–Trinajstić information content (AvgIpc) is 3.05. The zero-order chi connectivity index (χ0) is 14.1. The summed E-state index contributed by atoms with van der Waals surface area (Å²) < 4.78 is 5.38. The Morgan fingerprint density at radius 3 is 2.85 bits per heavy atom. The van der Waals surface area contributed by atoms with Crippen LogP contribution < -0.4 is 11.1 Å². The van der Waals surface area contributed by atoms with Crippen molar-refractivity contribution in [1.82, 2.24) is 5.32 Å². The number of hydrogen-bond donors (Lipinski definition) is 2. The second kappa shape index (κ2) is 5.13. The lowest BCUT2D eigenvalue weighted by molar-refractivity contribution is 0.0904. The summed E-state index contributed by atoms with van der Waals surface area (Å²) in [6.45, 7) is 2.45. The molecule has 4 heteroatoms. The quantitative estimate of drug-likeness (QED) is 0.898. The number of fused-ring (bicyclic) bond motifs is 1. The summed E-state index contributed by atoms with van der Waals surface area (Å²) >= 11 is 0. The molecule has 0 fully saturated rings. The summed E-state index contributed by atoms with van der Waals surface area (Å²) in [5.74, 6) is 1.10. The minimum absolute atomic E-state index is 0.117. The van der Waals surface area contributed by atoms with Gasteiger partial charge in [-0.1, -0.05) is 31.2 Å². The Bertz CT molecular complexity index is 633. The molecule has 1 aromatic heterocycles. The van der Waals surface area contributed by atoms with Crippen molar-refractivity contribution in [3.05, 3.63) is 59.0 Å². The van der Waals surface area contributed by atoms with Gasteiger partial charge in [0.25, 0.3) is 5.91 Å². The Balaban J connectivity index is 1.72. The van der Waals surface area contributed by atoms with Crippen LogP contribution in [0.4, 0.5) is 0 Å². The highest BCUT2D eigenvalue weighted by Gasteiger charge is 2.30.